The molecule has 0 spiro atoms. The van der Waals surface area contributed by atoms with Crippen LogP contribution in [0.5, 0.6) is 0 Å². The monoisotopic (exact) mass is 234 g/mol. The first-order valence-electron chi connectivity index (χ1n) is 6.13. The second kappa shape index (κ2) is 11.0. The molecule has 0 rings (SSSR count). The summed E-state index contributed by atoms with van der Waals surface area (Å²) in [4.78, 5) is 11.5. The molecule has 0 fully saturated rings. The van der Waals surface area contributed by atoms with Gasteiger partial charge in [-0.15, -0.1) is 6.42 Å². The van der Waals surface area contributed by atoms with Gasteiger partial charge in [0.2, 0.25) is 0 Å². The van der Waals surface area contributed by atoms with Gasteiger partial charge < -0.3 is 4.74 Å². The van der Waals surface area contributed by atoms with Crippen LogP contribution in [0.1, 0.15) is 45.4 Å². The second-order valence-corrected chi connectivity index (χ2v) is 3.87. The predicted molar refractivity (Wildman–Crippen MR) is 71.4 cm³/mol. The molecule has 2 heteroatoms. The number of rotatable bonds is 9. The van der Waals surface area contributed by atoms with E-state index >= 15 is 0 Å². The fourth-order valence-electron chi connectivity index (χ4n) is 1.41. The summed E-state index contributed by atoms with van der Waals surface area (Å²) in [7, 11) is 1.56. The van der Waals surface area contributed by atoms with Crippen molar-refractivity contribution >= 4 is 5.78 Å². The SMILES string of the molecule is C#C/C=C(\C=C/CC(=O)CCCCCC)OC. The highest BCUT2D eigenvalue weighted by Gasteiger charge is 1.98. The van der Waals surface area contributed by atoms with Gasteiger partial charge in [-0.3, -0.25) is 4.79 Å². The maximum absolute atomic E-state index is 11.5. The van der Waals surface area contributed by atoms with E-state index in [2.05, 4.69) is 12.8 Å². The molecule has 0 atom stereocenters. The number of carbonyl (C=O) groups is 1. The van der Waals surface area contributed by atoms with Crippen LogP contribution < -0.4 is 0 Å². The Morgan fingerprint density at radius 3 is 2.71 bits per heavy atom. The van der Waals surface area contributed by atoms with Gasteiger partial charge in [0.1, 0.15) is 11.5 Å². The molecule has 0 aliphatic heterocycles. The van der Waals surface area contributed by atoms with E-state index in [9.17, 15) is 4.79 Å². The smallest absolute Gasteiger partial charge is 0.136 e. The average Bonchev–Trinajstić information content (AvgIpc) is 2.33. The third-order valence-electron chi connectivity index (χ3n) is 2.40. The quantitative estimate of drug-likeness (QED) is 0.263. The van der Waals surface area contributed by atoms with Crippen molar-refractivity contribution in [2.45, 2.75) is 45.4 Å². The third kappa shape index (κ3) is 9.44. The summed E-state index contributed by atoms with van der Waals surface area (Å²) in [5, 5.41) is 0. The van der Waals surface area contributed by atoms with Crippen LogP contribution in [0.25, 0.3) is 0 Å². The molecule has 0 bridgehead atoms. The number of Topliss-reactive ketones (excluding diaryl/α,β-unsaturated/α-hetero) is 1. The zero-order valence-corrected chi connectivity index (χ0v) is 10.9. The number of hydrogen-bond donors (Lipinski definition) is 0. The van der Waals surface area contributed by atoms with E-state index in [0.717, 1.165) is 12.8 Å². The first-order chi connectivity index (χ1) is 8.24. The molecule has 0 saturated carbocycles. The Morgan fingerprint density at radius 1 is 1.35 bits per heavy atom. The van der Waals surface area contributed by atoms with E-state index in [0.29, 0.717) is 18.6 Å². The minimum absolute atomic E-state index is 0.272. The zero-order chi connectivity index (χ0) is 12.9. The molecule has 2 nitrogen and oxygen atoms in total. The molecule has 0 amide bonds. The molecular weight excluding hydrogens is 212 g/mol. The summed E-state index contributed by atoms with van der Waals surface area (Å²) in [6.07, 6.45) is 15.9. The predicted octanol–water partition coefficient (Wildman–Crippen LogP) is 3.64. The zero-order valence-electron chi connectivity index (χ0n) is 10.9. The molecule has 0 N–H and O–H groups in total. The maximum atomic E-state index is 11.5. The summed E-state index contributed by atoms with van der Waals surface area (Å²) < 4.78 is 5.01. The number of hydrogen-bond acceptors (Lipinski definition) is 2. The molecular formula is C15H22O2. The minimum Gasteiger partial charge on any atom is -0.496 e. The van der Waals surface area contributed by atoms with E-state index in [-0.39, 0.29) is 5.78 Å². The van der Waals surface area contributed by atoms with Crippen LogP contribution in [0.3, 0.4) is 0 Å². The lowest BCUT2D eigenvalue weighted by atomic mass is 10.1. The van der Waals surface area contributed by atoms with E-state index in [4.69, 9.17) is 11.2 Å². The molecule has 0 unspecified atom stereocenters. The van der Waals surface area contributed by atoms with E-state index in [1.165, 1.54) is 18.9 Å². The molecule has 0 aromatic rings. The highest BCUT2D eigenvalue weighted by atomic mass is 16.5. The lowest BCUT2D eigenvalue weighted by Crippen LogP contribution is -1.95. The fraction of sp³-hybridized carbons (Fsp3) is 0.533. The Balaban J connectivity index is 3.79. The van der Waals surface area contributed by atoms with Gasteiger partial charge in [0.25, 0.3) is 0 Å². The lowest BCUT2D eigenvalue weighted by molar-refractivity contribution is -0.118. The Bertz CT molecular complexity index is 305. The Kier molecular flexibility index (Phi) is 10.0. The number of terminal acetylenes is 1. The number of unbranched alkanes of at least 4 members (excludes halogenated alkanes) is 3. The van der Waals surface area contributed by atoms with Gasteiger partial charge in [0.15, 0.2) is 0 Å². The highest BCUT2D eigenvalue weighted by Crippen LogP contribution is 2.05. The van der Waals surface area contributed by atoms with E-state index in [1.807, 2.05) is 0 Å². The van der Waals surface area contributed by atoms with Gasteiger partial charge in [-0.1, -0.05) is 38.2 Å². The first-order valence-corrected chi connectivity index (χ1v) is 6.13. The van der Waals surface area contributed by atoms with E-state index in [1.54, 1.807) is 19.3 Å². The molecule has 0 aliphatic carbocycles. The normalized spacial score (nSPS) is 11.5. The van der Waals surface area contributed by atoms with Crippen LogP contribution in [0.15, 0.2) is 24.0 Å². The van der Waals surface area contributed by atoms with Crippen molar-refractivity contribution < 1.29 is 9.53 Å². The summed E-state index contributed by atoms with van der Waals surface area (Å²) in [5.74, 6) is 3.26. The number of ether oxygens (including phenoxy) is 1. The van der Waals surface area contributed by atoms with Gasteiger partial charge in [0, 0.05) is 18.9 Å². The molecule has 0 aliphatic rings. The van der Waals surface area contributed by atoms with Gasteiger partial charge in [-0.25, -0.2) is 0 Å². The van der Waals surface area contributed by atoms with Gasteiger partial charge in [0.05, 0.1) is 7.11 Å². The lowest BCUT2D eigenvalue weighted by Gasteiger charge is -1.99. The summed E-state index contributed by atoms with van der Waals surface area (Å²) in [6.45, 7) is 2.16. The topological polar surface area (TPSA) is 26.3 Å². The Morgan fingerprint density at radius 2 is 2.12 bits per heavy atom. The fourth-order valence-corrected chi connectivity index (χ4v) is 1.41. The standard InChI is InChI=1S/C15H22O2/c1-4-6-7-8-11-14(16)12-9-13-15(17-3)10-5-2/h2,9-10,13H,4,6-8,11-12H2,1,3H3/b13-9-,15-10+. The van der Waals surface area contributed by atoms with Crippen molar-refractivity contribution in [3.05, 3.63) is 24.0 Å². The number of carbonyl (C=O) groups excluding carboxylic acids is 1. The molecule has 0 aromatic carbocycles. The van der Waals surface area contributed by atoms with Gasteiger partial charge in [-0.05, 0) is 12.5 Å². The van der Waals surface area contributed by atoms with Crippen molar-refractivity contribution in [3.63, 3.8) is 0 Å². The van der Waals surface area contributed by atoms with E-state index < -0.39 is 0 Å². The maximum Gasteiger partial charge on any atom is 0.136 e. The second-order valence-electron chi connectivity index (χ2n) is 3.87. The van der Waals surface area contributed by atoms with Gasteiger partial charge in [-0.2, -0.15) is 0 Å². The van der Waals surface area contributed by atoms with Crippen LogP contribution in [0.2, 0.25) is 0 Å². The van der Waals surface area contributed by atoms with Crippen molar-refractivity contribution in [2.24, 2.45) is 0 Å². The Hall–Kier alpha value is -1.49. The van der Waals surface area contributed by atoms with Crippen molar-refractivity contribution in [3.8, 4) is 12.3 Å². The number of methoxy groups -OCH3 is 1. The number of allylic oxidation sites excluding steroid dienone is 3. The van der Waals surface area contributed by atoms with Crippen LogP contribution in [0, 0.1) is 12.3 Å². The summed E-state index contributed by atoms with van der Waals surface area (Å²) >= 11 is 0. The van der Waals surface area contributed by atoms with Crippen molar-refractivity contribution in [1.82, 2.24) is 0 Å². The largest absolute Gasteiger partial charge is 0.496 e. The summed E-state index contributed by atoms with van der Waals surface area (Å²) in [6, 6.07) is 0. The average molecular weight is 234 g/mol. The summed E-state index contributed by atoms with van der Waals surface area (Å²) in [5.41, 5.74) is 0. The van der Waals surface area contributed by atoms with Crippen molar-refractivity contribution in [2.75, 3.05) is 7.11 Å². The van der Waals surface area contributed by atoms with Crippen molar-refractivity contribution in [1.29, 1.82) is 0 Å². The van der Waals surface area contributed by atoms with Crippen LogP contribution in [-0.4, -0.2) is 12.9 Å². The van der Waals surface area contributed by atoms with Gasteiger partial charge >= 0.3 is 0 Å². The molecule has 94 valence electrons. The third-order valence-corrected chi connectivity index (χ3v) is 2.40. The molecule has 0 heterocycles. The van der Waals surface area contributed by atoms with Crippen LogP contribution >= 0.6 is 0 Å². The number of ketones is 1. The van der Waals surface area contributed by atoms with Crippen LogP contribution in [0.4, 0.5) is 0 Å². The Labute approximate surface area is 105 Å². The highest BCUT2D eigenvalue weighted by molar-refractivity contribution is 5.79. The molecule has 17 heavy (non-hydrogen) atoms. The molecule has 0 aromatic heterocycles. The minimum atomic E-state index is 0.272. The van der Waals surface area contributed by atoms with Crippen LogP contribution in [-0.2, 0) is 9.53 Å². The molecule has 0 saturated heterocycles. The first kappa shape index (κ1) is 15.5. The molecule has 0 radical (unpaired) electrons.